The molecule has 0 bridgehead atoms. The van der Waals surface area contributed by atoms with Crippen LogP contribution in [0, 0.1) is 16.7 Å². The molecule has 1 fully saturated rings. The van der Waals surface area contributed by atoms with Crippen molar-refractivity contribution in [2.24, 2.45) is 5.41 Å². The summed E-state index contributed by atoms with van der Waals surface area (Å²) in [5.41, 5.74) is 0.0469. The lowest BCUT2D eigenvalue weighted by Crippen LogP contribution is -2.31. The maximum absolute atomic E-state index is 12.2. The molecule has 1 aromatic rings. The van der Waals surface area contributed by atoms with Crippen LogP contribution in [-0.4, -0.2) is 26.7 Å². The fourth-order valence-corrected chi connectivity index (χ4v) is 3.36. The third-order valence-corrected chi connectivity index (χ3v) is 4.99. The van der Waals surface area contributed by atoms with Gasteiger partial charge in [0, 0.05) is 13.2 Å². The summed E-state index contributed by atoms with van der Waals surface area (Å²) in [4.78, 5) is 0.0114. The first-order valence-corrected chi connectivity index (χ1v) is 7.61. The van der Waals surface area contributed by atoms with Crippen LogP contribution in [0.3, 0.4) is 0 Å². The maximum Gasteiger partial charge on any atom is 0.241 e. The lowest BCUT2D eigenvalue weighted by molar-refractivity contribution is 0.249. The number of nitrogens with zero attached hydrogens (tertiary/aromatic N) is 1. The predicted octanol–water partition coefficient (Wildman–Crippen LogP) is 0.999. The van der Waals surface area contributed by atoms with Crippen molar-refractivity contribution in [2.75, 3.05) is 13.2 Å². The molecular formula is C13H16N2O3S. The molecule has 0 spiro atoms. The highest BCUT2D eigenvalue weighted by molar-refractivity contribution is 7.89. The van der Waals surface area contributed by atoms with E-state index in [0.29, 0.717) is 13.0 Å². The van der Waals surface area contributed by atoms with Crippen molar-refractivity contribution in [1.29, 1.82) is 5.26 Å². The molecule has 102 valence electrons. The number of rotatable bonds is 6. The maximum atomic E-state index is 12.2. The zero-order chi connectivity index (χ0) is 13.9. The summed E-state index contributed by atoms with van der Waals surface area (Å²) in [5.74, 6) is 0. The fourth-order valence-electron chi connectivity index (χ4n) is 2.05. The van der Waals surface area contributed by atoms with E-state index < -0.39 is 10.0 Å². The molecule has 19 heavy (non-hydrogen) atoms. The van der Waals surface area contributed by atoms with E-state index in [0.717, 1.165) is 12.8 Å². The van der Waals surface area contributed by atoms with E-state index >= 15 is 0 Å². The van der Waals surface area contributed by atoms with Crippen LogP contribution in [0.25, 0.3) is 0 Å². The summed E-state index contributed by atoms with van der Waals surface area (Å²) in [6.45, 7) is 0.381. The molecule has 0 unspecified atom stereocenters. The van der Waals surface area contributed by atoms with Gasteiger partial charge in [-0.1, -0.05) is 12.1 Å². The van der Waals surface area contributed by atoms with Crippen LogP contribution in [0.2, 0.25) is 0 Å². The highest BCUT2D eigenvalue weighted by Gasteiger charge is 2.42. The van der Waals surface area contributed by atoms with Crippen molar-refractivity contribution in [3.63, 3.8) is 0 Å². The monoisotopic (exact) mass is 280 g/mol. The molecule has 1 saturated carbocycles. The molecule has 5 nitrogen and oxygen atoms in total. The zero-order valence-corrected chi connectivity index (χ0v) is 11.3. The van der Waals surface area contributed by atoms with Gasteiger partial charge in [-0.15, -0.1) is 0 Å². The third kappa shape index (κ3) is 3.13. The molecule has 0 radical (unpaired) electrons. The van der Waals surface area contributed by atoms with Gasteiger partial charge in [0.1, 0.15) is 6.07 Å². The number of sulfonamides is 1. The summed E-state index contributed by atoms with van der Waals surface area (Å²) in [5, 5.41) is 17.9. The summed E-state index contributed by atoms with van der Waals surface area (Å²) >= 11 is 0. The molecular weight excluding hydrogens is 264 g/mol. The minimum atomic E-state index is -3.67. The van der Waals surface area contributed by atoms with Gasteiger partial charge in [0.15, 0.2) is 0 Å². The SMILES string of the molecule is N#Cc1ccccc1S(=O)(=O)NCC1(CCO)CC1. The number of nitriles is 1. The summed E-state index contributed by atoms with van der Waals surface area (Å²) in [6, 6.07) is 8.01. The number of aliphatic hydroxyl groups is 1. The largest absolute Gasteiger partial charge is 0.396 e. The van der Waals surface area contributed by atoms with E-state index in [1.807, 2.05) is 6.07 Å². The molecule has 0 saturated heterocycles. The molecule has 6 heteroatoms. The minimum Gasteiger partial charge on any atom is -0.396 e. The average molecular weight is 280 g/mol. The topological polar surface area (TPSA) is 90.2 Å². The number of aliphatic hydroxyl groups excluding tert-OH is 1. The Labute approximate surface area is 112 Å². The van der Waals surface area contributed by atoms with Crippen LogP contribution < -0.4 is 4.72 Å². The van der Waals surface area contributed by atoms with Gasteiger partial charge in [-0.25, -0.2) is 13.1 Å². The molecule has 0 aliphatic heterocycles. The van der Waals surface area contributed by atoms with E-state index in [2.05, 4.69) is 4.72 Å². The highest BCUT2D eigenvalue weighted by atomic mass is 32.2. The molecule has 0 heterocycles. The molecule has 0 amide bonds. The number of nitrogens with one attached hydrogen (secondary N) is 1. The van der Waals surface area contributed by atoms with Crippen LogP contribution in [-0.2, 0) is 10.0 Å². The second-order valence-electron chi connectivity index (χ2n) is 4.91. The lowest BCUT2D eigenvalue weighted by atomic mass is 10.0. The average Bonchev–Trinajstić information content (AvgIpc) is 3.17. The van der Waals surface area contributed by atoms with Gasteiger partial charge in [0.2, 0.25) is 10.0 Å². The van der Waals surface area contributed by atoms with E-state index in [9.17, 15) is 8.42 Å². The van der Waals surface area contributed by atoms with Crippen LogP contribution in [0.1, 0.15) is 24.8 Å². The van der Waals surface area contributed by atoms with E-state index in [4.69, 9.17) is 10.4 Å². The second-order valence-corrected chi connectivity index (χ2v) is 6.64. The first-order valence-electron chi connectivity index (χ1n) is 6.13. The molecule has 2 N–H and O–H groups in total. The van der Waals surface area contributed by atoms with Gasteiger partial charge in [0.05, 0.1) is 10.5 Å². The number of hydrogen-bond donors (Lipinski definition) is 2. The highest BCUT2D eigenvalue weighted by Crippen LogP contribution is 2.48. The molecule has 0 atom stereocenters. The van der Waals surface area contributed by atoms with Crippen LogP contribution in [0.4, 0.5) is 0 Å². The van der Waals surface area contributed by atoms with Crippen LogP contribution in [0.15, 0.2) is 29.2 Å². The van der Waals surface area contributed by atoms with Crippen LogP contribution >= 0.6 is 0 Å². The number of hydrogen-bond acceptors (Lipinski definition) is 4. The Kier molecular flexibility index (Phi) is 3.90. The lowest BCUT2D eigenvalue weighted by Gasteiger charge is -2.15. The Bertz CT molecular complexity index is 601. The predicted molar refractivity (Wildman–Crippen MR) is 69.7 cm³/mol. The fraction of sp³-hybridized carbons (Fsp3) is 0.462. The Hall–Kier alpha value is -1.42. The van der Waals surface area contributed by atoms with Gasteiger partial charge in [0.25, 0.3) is 0 Å². The second kappa shape index (κ2) is 5.29. The summed E-state index contributed by atoms with van der Waals surface area (Å²) < 4.78 is 26.9. The van der Waals surface area contributed by atoms with Gasteiger partial charge in [-0.3, -0.25) is 0 Å². The molecule has 2 rings (SSSR count). The summed E-state index contributed by atoms with van der Waals surface area (Å²) in [7, 11) is -3.67. The van der Waals surface area contributed by atoms with Gasteiger partial charge in [-0.2, -0.15) is 5.26 Å². The van der Waals surface area contributed by atoms with Gasteiger partial charge >= 0.3 is 0 Å². The van der Waals surface area contributed by atoms with Crippen molar-refractivity contribution < 1.29 is 13.5 Å². The summed E-state index contributed by atoms with van der Waals surface area (Å²) in [6.07, 6.45) is 2.46. The normalized spacial score (nSPS) is 16.8. The smallest absolute Gasteiger partial charge is 0.241 e. The van der Waals surface area contributed by atoms with E-state index in [1.54, 1.807) is 12.1 Å². The third-order valence-electron chi connectivity index (χ3n) is 3.53. The van der Waals surface area contributed by atoms with Crippen molar-refractivity contribution in [1.82, 2.24) is 4.72 Å². The number of benzene rings is 1. The zero-order valence-electron chi connectivity index (χ0n) is 10.5. The van der Waals surface area contributed by atoms with Gasteiger partial charge in [-0.05, 0) is 36.8 Å². The molecule has 1 aliphatic carbocycles. The first-order chi connectivity index (χ1) is 9.03. The minimum absolute atomic E-state index is 0.0114. The molecule has 0 aromatic heterocycles. The van der Waals surface area contributed by atoms with Crippen molar-refractivity contribution in [3.8, 4) is 6.07 Å². The first kappa shape index (κ1) is 14.0. The Morgan fingerprint density at radius 2 is 2.05 bits per heavy atom. The Morgan fingerprint density at radius 3 is 2.63 bits per heavy atom. The Balaban J connectivity index is 2.13. The van der Waals surface area contributed by atoms with E-state index in [-0.39, 0.29) is 22.5 Å². The van der Waals surface area contributed by atoms with Gasteiger partial charge < -0.3 is 5.11 Å². The quantitative estimate of drug-likeness (QED) is 0.813. The standard InChI is InChI=1S/C13H16N2O3S/c14-9-11-3-1-2-4-12(11)19(17,18)15-10-13(5-6-13)7-8-16/h1-4,15-16H,5-8,10H2. The van der Waals surface area contributed by atoms with Crippen molar-refractivity contribution >= 4 is 10.0 Å². The Morgan fingerprint density at radius 1 is 1.37 bits per heavy atom. The molecule has 1 aromatic carbocycles. The van der Waals surface area contributed by atoms with E-state index in [1.165, 1.54) is 12.1 Å². The van der Waals surface area contributed by atoms with Crippen molar-refractivity contribution in [3.05, 3.63) is 29.8 Å². The molecule has 1 aliphatic rings. The van der Waals surface area contributed by atoms with Crippen LogP contribution in [0.5, 0.6) is 0 Å². The van der Waals surface area contributed by atoms with Crippen molar-refractivity contribution in [2.45, 2.75) is 24.2 Å².